The molecule has 158 valence electrons. The van der Waals surface area contributed by atoms with Crippen LogP contribution in [-0.4, -0.2) is 15.6 Å². The lowest BCUT2D eigenvalue weighted by Crippen LogP contribution is -2.19. The first-order valence-electron chi connectivity index (χ1n) is 9.44. The first-order valence-corrected chi connectivity index (χ1v) is 10.8. The number of nitrogens with zero attached hydrogens (tertiary/aromatic N) is 2. The van der Waals surface area contributed by atoms with E-state index in [9.17, 15) is 9.59 Å². The molecule has 2 N–H and O–H groups in total. The Morgan fingerprint density at radius 2 is 1.87 bits per heavy atom. The van der Waals surface area contributed by atoms with E-state index >= 15 is 0 Å². The van der Waals surface area contributed by atoms with Gasteiger partial charge in [-0.1, -0.05) is 17.7 Å². The van der Waals surface area contributed by atoms with Gasteiger partial charge in [0, 0.05) is 28.5 Å². The molecule has 0 saturated heterocycles. The second-order valence-corrected chi connectivity index (χ2v) is 8.42. The van der Waals surface area contributed by atoms with E-state index in [4.69, 9.17) is 16.1 Å². The monoisotopic (exact) mass is 454 g/mol. The van der Waals surface area contributed by atoms with Gasteiger partial charge in [-0.3, -0.25) is 4.79 Å². The number of halogens is 1. The number of rotatable bonds is 5. The van der Waals surface area contributed by atoms with Gasteiger partial charge < -0.3 is 15.2 Å². The lowest BCUT2D eigenvalue weighted by Gasteiger charge is -2.10. The zero-order valence-electron chi connectivity index (χ0n) is 16.8. The quantitative estimate of drug-likeness (QED) is 0.389. The van der Waals surface area contributed by atoms with Gasteiger partial charge in [-0.2, -0.15) is 0 Å². The predicted molar refractivity (Wildman–Crippen MR) is 123 cm³/mol. The van der Waals surface area contributed by atoms with Crippen LogP contribution in [0.5, 0.6) is 0 Å². The van der Waals surface area contributed by atoms with Crippen LogP contribution in [0.15, 0.2) is 68.8 Å². The van der Waals surface area contributed by atoms with Crippen LogP contribution in [0.2, 0.25) is 5.02 Å². The first kappa shape index (κ1) is 21.0. The number of urea groups is 1. The Morgan fingerprint density at radius 1 is 1.10 bits per heavy atom. The maximum absolute atomic E-state index is 12.2. The number of hydrogen-bond acceptors (Lipinski definition) is 5. The summed E-state index contributed by atoms with van der Waals surface area (Å²) in [4.78, 5) is 29.8. The fourth-order valence-corrected chi connectivity index (χ4v) is 4.02. The molecule has 0 aliphatic carbocycles. The molecular formula is C22H19ClN4O3S. The summed E-state index contributed by atoms with van der Waals surface area (Å²) in [7, 11) is 0. The average Bonchev–Trinajstić information content (AvgIpc) is 3.10. The van der Waals surface area contributed by atoms with Gasteiger partial charge in [-0.15, -0.1) is 16.3 Å². The van der Waals surface area contributed by atoms with E-state index in [2.05, 4.69) is 15.6 Å². The van der Waals surface area contributed by atoms with Crippen molar-refractivity contribution >= 4 is 46.4 Å². The maximum Gasteiger partial charge on any atom is 0.323 e. The lowest BCUT2D eigenvalue weighted by atomic mass is 10.2. The second-order valence-electron chi connectivity index (χ2n) is 6.96. The molecule has 2 aromatic heterocycles. The molecule has 0 bridgehead atoms. The molecule has 2 aromatic carbocycles. The highest BCUT2D eigenvalue weighted by Crippen LogP contribution is 2.25. The van der Waals surface area contributed by atoms with Crippen LogP contribution in [-0.2, 0) is 5.75 Å². The van der Waals surface area contributed by atoms with E-state index in [1.54, 1.807) is 36.9 Å². The number of anilines is 2. The fourth-order valence-electron chi connectivity index (χ4n) is 2.95. The SMILES string of the molecule is Cc1ccc(NC(=O)Nc2ccc(SCc3cc(=O)n4oc(C)cc4n3)cc2)c(Cl)c1. The van der Waals surface area contributed by atoms with Gasteiger partial charge in [0.25, 0.3) is 5.56 Å². The number of amides is 2. The zero-order chi connectivity index (χ0) is 22.0. The Bertz CT molecular complexity index is 1310. The molecule has 4 aromatic rings. The van der Waals surface area contributed by atoms with Crippen molar-refractivity contribution in [2.75, 3.05) is 10.6 Å². The second kappa shape index (κ2) is 8.87. The molecule has 7 nitrogen and oxygen atoms in total. The maximum atomic E-state index is 12.2. The Kier molecular flexibility index (Phi) is 6.01. The third kappa shape index (κ3) is 5.10. The number of aromatic nitrogens is 2. The summed E-state index contributed by atoms with van der Waals surface area (Å²) >= 11 is 7.69. The Hall–Kier alpha value is -3.23. The third-order valence-corrected chi connectivity index (χ3v) is 5.75. The molecular weight excluding hydrogens is 436 g/mol. The fraction of sp³-hybridized carbons (Fsp3) is 0.136. The predicted octanol–water partition coefficient (Wildman–Crippen LogP) is 5.49. The van der Waals surface area contributed by atoms with Gasteiger partial charge in [-0.05, 0) is 55.8 Å². The molecule has 0 fully saturated rings. The van der Waals surface area contributed by atoms with Gasteiger partial charge in [-0.25, -0.2) is 9.78 Å². The number of benzene rings is 2. The van der Waals surface area contributed by atoms with Crippen molar-refractivity contribution < 1.29 is 9.32 Å². The third-order valence-electron chi connectivity index (χ3n) is 4.40. The molecule has 0 radical (unpaired) electrons. The molecule has 31 heavy (non-hydrogen) atoms. The standard InChI is InChI=1S/C22H19ClN4O3S/c1-13-3-8-19(18(23)9-13)26-22(29)25-15-4-6-17(7-5-15)31-12-16-11-21(28)27-20(24-16)10-14(2)30-27/h3-11H,12H2,1-2H3,(H2,25,26,29). The van der Waals surface area contributed by atoms with Crippen LogP contribution in [0.1, 0.15) is 17.0 Å². The van der Waals surface area contributed by atoms with Crippen molar-refractivity contribution in [3.8, 4) is 0 Å². The summed E-state index contributed by atoms with van der Waals surface area (Å²) in [5.74, 6) is 1.17. The highest BCUT2D eigenvalue weighted by atomic mass is 35.5. The van der Waals surface area contributed by atoms with Crippen LogP contribution >= 0.6 is 23.4 Å². The van der Waals surface area contributed by atoms with E-state index in [1.807, 2.05) is 37.3 Å². The Labute approximate surface area is 187 Å². The van der Waals surface area contributed by atoms with Crippen molar-refractivity contribution in [1.82, 2.24) is 9.56 Å². The molecule has 0 saturated carbocycles. The number of carbonyl (C=O) groups excluding carboxylic acids is 1. The van der Waals surface area contributed by atoms with E-state index in [0.29, 0.717) is 39.3 Å². The molecule has 0 aliphatic heterocycles. The van der Waals surface area contributed by atoms with Gasteiger partial charge in [0.1, 0.15) is 5.76 Å². The highest BCUT2D eigenvalue weighted by molar-refractivity contribution is 7.98. The largest absolute Gasteiger partial charge is 0.375 e. The molecule has 0 atom stereocenters. The van der Waals surface area contributed by atoms with Gasteiger partial charge in [0.2, 0.25) is 0 Å². The Morgan fingerprint density at radius 3 is 2.61 bits per heavy atom. The van der Waals surface area contributed by atoms with E-state index < -0.39 is 0 Å². The van der Waals surface area contributed by atoms with E-state index in [0.717, 1.165) is 10.5 Å². The smallest absolute Gasteiger partial charge is 0.323 e. The molecule has 2 amide bonds. The molecule has 0 aliphatic rings. The highest BCUT2D eigenvalue weighted by Gasteiger charge is 2.09. The van der Waals surface area contributed by atoms with Crippen LogP contribution in [0, 0.1) is 13.8 Å². The lowest BCUT2D eigenvalue weighted by molar-refractivity contribution is 0.262. The minimum atomic E-state index is -0.375. The molecule has 4 rings (SSSR count). The zero-order valence-corrected chi connectivity index (χ0v) is 18.4. The summed E-state index contributed by atoms with van der Waals surface area (Å²) < 4.78 is 6.48. The molecule has 9 heteroatoms. The van der Waals surface area contributed by atoms with Crippen molar-refractivity contribution in [3.63, 3.8) is 0 Å². The van der Waals surface area contributed by atoms with Crippen molar-refractivity contribution in [3.05, 3.63) is 87.0 Å². The minimum absolute atomic E-state index is 0.243. The van der Waals surface area contributed by atoms with E-state index in [1.165, 1.54) is 10.6 Å². The number of fused-ring (bicyclic) bond motifs is 1. The topological polar surface area (TPSA) is 88.6 Å². The normalized spacial score (nSPS) is 10.9. The van der Waals surface area contributed by atoms with Gasteiger partial charge in [0.15, 0.2) is 5.65 Å². The number of carbonyl (C=O) groups is 1. The van der Waals surface area contributed by atoms with Gasteiger partial charge >= 0.3 is 6.03 Å². The number of nitrogens with one attached hydrogen (secondary N) is 2. The van der Waals surface area contributed by atoms with Gasteiger partial charge in [0.05, 0.1) is 16.4 Å². The van der Waals surface area contributed by atoms with Crippen LogP contribution < -0.4 is 16.2 Å². The summed E-state index contributed by atoms with van der Waals surface area (Å²) in [6.45, 7) is 3.70. The molecule has 2 heterocycles. The van der Waals surface area contributed by atoms with Crippen molar-refractivity contribution in [2.24, 2.45) is 0 Å². The Balaban J connectivity index is 1.36. The first-order chi connectivity index (χ1) is 14.9. The number of thioether (sulfide) groups is 1. The summed E-state index contributed by atoms with van der Waals surface area (Å²) in [5, 5.41) is 6.00. The van der Waals surface area contributed by atoms with Crippen molar-refractivity contribution in [1.29, 1.82) is 0 Å². The molecule has 0 spiro atoms. The number of aryl methyl sites for hydroxylation is 2. The molecule has 0 unspecified atom stereocenters. The van der Waals surface area contributed by atoms with Crippen LogP contribution in [0.3, 0.4) is 0 Å². The van der Waals surface area contributed by atoms with Crippen LogP contribution in [0.4, 0.5) is 16.2 Å². The summed E-state index contributed by atoms with van der Waals surface area (Å²) in [6.07, 6.45) is 0. The van der Waals surface area contributed by atoms with Crippen molar-refractivity contribution in [2.45, 2.75) is 24.5 Å². The summed E-state index contributed by atoms with van der Waals surface area (Å²) in [6, 6.07) is 15.7. The van der Waals surface area contributed by atoms with Crippen LogP contribution in [0.25, 0.3) is 5.65 Å². The average molecular weight is 455 g/mol. The van der Waals surface area contributed by atoms with E-state index in [-0.39, 0.29) is 11.6 Å². The summed E-state index contributed by atoms with van der Waals surface area (Å²) in [5.41, 5.74) is 3.14. The number of hydrogen-bond donors (Lipinski definition) is 2. The minimum Gasteiger partial charge on any atom is -0.375 e.